The summed E-state index contributed by atoms with van der Waals surface area (Å²) < 4.78 is 5.63. The van der Waals surface area contributed by atoms with E-state index in [4.69, 9.17) is 16.3 Å². The number of carbonyl (C=O) groups is 2. The third kappa shape index (κ3) is 4.72. The first-order chi connectivity index (χ1) is 10.9. The Morgan fingerprint density at radius 3 is 2.17 bits per heavy atom. The molecule has 0 aliphatic carbocycles. The lowest BCUT2D eigenvalue weighted by Crippen LogP contribution is -2.53. The number of halogens is 1. The van der Waals surface area contributed by atoms with Gasteiger partial charge in [-0.3, -0.25) is 20.4 Å². The van der Waals surface area contributed by atoms with Crippen molar-refractivity contribution in [3.63, 3.8) is 0 Å². The number of rotatable bonds is 4. The van der Waals surface area contributed by atoms with Gasteiger partial charge in [-0.25, -0.2) is 0 Å². The number of carbonyl (C=O) groups excluding carboxylic acids is 2. The zero-order valence-electron chi connectivity index (χ0n) is 12.8. The Labute approximate surface area is 139 Å². The monoisotopic (exact) mass is 332 g/mol. The Hall–Kier alpha value is -2.53. The lowest BCUT2D eigenvalue weighted by atomic mass is 10.1. The molecule has 0 saturated carbocycles. The molecule has 0 aliphatic heterocycles. The molecule has 2 amide bonds. The standard InChI is InChI=1S/C17H17ClN2O3/c1-17(2,23-14-10-8-13(18)9-11-14)16(22)20-19-15(21)12-6-4-3-5-7-12/h3-11H,1-2H3,(H,19,21)(H,20,22). The predicted molar refractivity (Wildman–Crippen MR) is 88.2 cm³/mol. The summed E-state index contributed by atoms with van der Waals surface area (Å²) in [6, 6.07) is 15.3. The van der Waals surface area contributed by atoms with E-state index in [1.165, 1.54) is 0 Å². The van der Waals surface area contributed by atoms with Gasteiger partial charge in [-0.05, 0) is 50.2 Å². The maximum absolute atomic E-state index is 12.2. The minimum atomic E-state index is -1.17. The smallest absolute Gasteiger partial charge is 0.281 e. The van der Waals surface area contributed by atoms with E-state index in [0.717, 1.165) is 0 Å². The number of ether oxygens (including phenoxy) is 1. The summed E-state index contributed by atoms with van der Waals surface area (Å²) in [5.74, 6) is -0.373. The van der Waals surface area contributed by atoms with E-state index in [-0.39, 0.29) is 0 Å². The van der Waals surface area contributed by atoms with Crippen LogP contribution in [-0.4, -0.2) is 17.4 Å². The molecule has 2 N–H and O–H groups in total. The largest absolute Gasteiger partial charge is 0.478 e. The fourth-order valence-electron chi connectivity index (χ4n) is 1.77. The van der Waals surface area contributed by atoms with Crippen LogP contribution >= 0.6 is 11.6 Å². The molecular weight excluding hydrogens is 316 g/mol. The third-order valence-corrected chi connectivity index (χ3v) is 3.31. The molecule has 0 spiro atoms. The maximum atomic E-state index is 12.2. The van der Waals surface area contributed by atoms with Gasteiger partial charge in [-0.15, -0.1) is 0 Å². The Morgan fingerprint density at radius 2 is 1.57 bits per heavy atom. The summed E-state index contributed by atoms with van der Waals surface area (Å²) in [5, 5.41) is 0.578. The number of hydrazine groups is 1. The molecule has 0 unspecified atom stereocenters. The van der Waals surface area contributed by atoms with Crippen LogP contribution in [0.3, 0.4) is 0 Å². The quantitative estimate of drug-likeness (QED) is 0.846. The summed E-state index contributed by atoms with van der Waals surface area (Å²) in [6.07, 6.45) is 0. The lowest BCUT2D eigenvalue weighted by molar-refractivity contribution is -0.135. The van der Waals surface area contributed by atoms with E-state index in [9.17, 15) is 9.59 Å². The summed E-state index contributed by atoms with van der Waals surface area (Å²) in [7, 11) is 0. The van der Waals surface area contributed by atoms with Crippen molar-refractivity contribution in [2.24, 2.45) is 0 Å². The minimum absolute atomic E-state index is 0.402. The highest BCUT2D eigenvalue weighted by Crippen LogP contribution is 2.20. The van der Waals surface area contributed by atoms with Crippen molar-refractivity contribution in [3.8, 4) is 5.75 Å². The van der Waals surface area contributed by atoms with Crippen molar-refractivity contribution in [1.29, 1.82) is 0 Å². The molecule has 0 radical (unpaired) electrons. The number of hydrogen-bond acceptors (Lipinski definition) is 3. The van der Waals surface area contributed by atoms with Crippen LogP contribution in [-0.2, 0) is 4.79 Å². The Balaban J connectivity index is 1.93. The Kier molecular flexibility index (Phi) is 5.24. The van der Waals surface area contributed by atoms with Gasteiger partial charge in [0.1, 0.15) is 5.75 Å². The summed E-state index contributed by atoms with van der Waals surface area (Å²) in [5.41, 5.74) is 4.00. The van der Waals surface area contributed by atoms with Gasteiger partial charge in [0, 0.05) is 10.6 Å². The molecule has 0 atom stereocenters. The zero-order chi connectivity index (χ0) is 16.9. The molecule has 23 heavy (non-hydrogen) atoms. The van der Waals surface area contributed by atoms with Crippen LogP contribution in [0.1, 0.15) is 24.2 Å². The topological polar surface area (TPSA) is 67.4 Å². The number of nitrogens with one attached hydrogen (secondary N) is 2. The first-order valence-corrected chi connectivity index (χ1v) is 7.37. The number of hydrogen-bond donors (Lipinski definition) is 2. The van der Waals surface area contributed by atoms with E-state index in [2.05, 4.69) is 10.9 Å². The first-order valence-electron chi connectivity index (χ1n) is 6.99. The van der Waals surface area contributed by atoms with Crippen molar-refractivity contribution in [3.05, 3.63) is 65.2 Å². The van der Waals surface area contributed by atoms with Crippen LogP contribution in [0.15, 0.2) is 54.6 Å². The highest BCUT2D eigenvalue weighted by atomic mass is 35.5. The second-order valence-electron chi connectivity index (χ2n) is 5.34. The van der Waals surface area contributed by atoms with Crippen molar-refractivity contribution < 1.29 is 14.3 Å². The Bertz CT molecular complexity index is 685. The van der Waals surface area contributed by atoms with Gasteiger partial charge in [-0.2, -0.15) is 0 Å². The molecule has 120 valence electrons. The molecule has 6 heteroatoms. The van der Waals surface area contributed by atoms with Crippen molar-refractivity contribution in [1.82, 2.24) is 10.9 Å². The highest BCUT2D eigenvalue weighted by molar-refractivity contribution is 6.30. The van der Waals surface area contributed by atoms with Crippen LogP contribution in [0.5, 0.6) is 5.75 Å². The van der Waals surface area contributed by atoms with E-state index in [1.54, 1.807) is 68.4 Å². The maximum Gasteiger partial charge on any atom is 0.281 e. The van der Waals surface area contributed by atoms with E-state index in [1.807, 2.05) is 0 Å². The fourth-order valence-corrected chi connectivity index (χ4v) is 1.90. The van der Waals surface area contributed by atoms with Crippen LogP contribution < -0.4 is 15.6 Å². The fraction of sp³-hybridized carbons (Fsp3) is 0.176. The molecule has 2 aromatic carbocycles. The van der Waals surface area contributed by atoms with Crippen molar-refractivity contribution in [2.75, 3.05) is 0 Å². The summed E-state index contributed by atoms with van der Waals surface area (Å²) in [6.45, 7) is 3.21. The molecule has 0 saturated heterocycles. The molecule has 2 aromatic rings. The molecule has 0 fully saturated rings. The summed E-state index contributed by atoms with van der Waals surface area (Å²) in [4.78, 5) is 24.1. The van der Waals surface area contributed by atoms with Gasteiger partial charge in [-0.1, -0.05) is 29.8 Å². The van der Waals surface area contributed by atoms with Gasteiger partial charge in [0.25, 0.3) is 11.8 Å². The van der Waals surface area contributed by atoms with E-state index < -0.39 is 17.4 Å². The average molecular weight is 333 g/mol. The molecule has 0 bridgehead atoms. The van der Waals surface area contributed by atoms with Gasteiger partial charge >= 0.3 is 0 Å². The molecule has 0 heterocycles. The molecular formula is C17H17ClN2O3. The third-order valence-electron chi connectivity index (χ3n) is 3.06. The zero-order valence-corrected chi connectivity index (χ0v) is 13.6. The second kappa shape index (κ2) is 7.15. The molecule has 2 rings (SSSR count). The van der Waals surface area contributed by atoms with Crippen LogP contribution in [0.4, 0.5) is 0 Å². The normalized spacial score (nSPS) is 10.7. The second-order valence-corrected chi connectivity index (χ2v) is 5.78. The van der Waals surface area contributed by atoms with Crippen LogP contribution in [0.2, 0.25) is 5.02 Å². The van der Waals surface area contributed by atoms with Gasteiger partial charge in [0.2, 0.25) is 0 Å². The minimum Gasteiger partial charge on any atom is -0.478 e. The Morgan fingerprint density at radius 1 is 0.957 bits per heavy atom. The van der Waals surface area contributed by atoms with E-state index >= 15 is 0 Å². The summed E-state index contributed by atoms with van der Waals surface area (Å²) >= 11 is 5.81. The molecule has 0 aromatic heterocycles. The van der Waals surface area contributed by atoms with Gasteiger partial charge < -0.3 is 4.74 Å². The van der Waals surface area contributed by atoms with Gasteiger partial charge in [0.15, 0.2) is 5.60 Å². The lowest BCUT2D eigenvalue weighted by Gasteiger charge is -2.25. The number of amides is 2. The SMILES string of the molecule is CC(C)(Oc1ccc(Cl)cc1)C(=O)NNC(=O)c1ccccc1. The predicted octanol–water partition coefficient (Wildman–Crippen LogP) is 2.96. The number of benzene rings is 2. The highest BCUT2D eigenvalue weighted by Gasteiger charge is 2.30. The van der Waals surface area contributed by atoms with Gasteiger partial charge in [0.05, 0.1) is 0 Å². The first kappa shape index (κ1) is 16.8. The van der Waals surface area contributed by atoms with Crippen LogP contribution in [0.25, 0.3) is 0 Å². The molecule has 0 aliphatic rings. The van der Waals surface area contributed by atoms with Crippen molar-refractivity contribution in [2.45, 2.75) is 19.4 Å². The average Bonchev–Trinajstić information content (AvgIpc) is 2.55. The molecule has 5 nitrogen and oxygen atoms in total. The van der Waals surface area contributed by atoms with Crippen LogP contribution in [0, 0.1) is 0 Å². The van der Waals surface area contributed by atoms with E-state index in [0.29, 0.717) is 16.3 Å². The van der Waals surface area contributed by atoms with Crippen molar-refractivity contribution >= 4 is 23.4 Å².